The number of fused-ring (bicyclic) bond motifs is 1. The number of benzene rings is 2. The first-order valence-electron chi connectivity index (χ1n) is 8.89. The van der Waals surface area contributed by atoms with Crippen LogP contribution in [0, 0.1) is 0 Å². The fourth-order valence-corrected chi connectivity index (χ4v) is 4.40. The van der Waals surface area contributed by atoms with Crippen molar-refractivity contribution in [3.63, 3.8) is 0 Å². The second kappa shape index (κ2) is 8.03. The summed E-state index contributed by atoms with van der Waals surface area (Å²) < 4.78 is 0. The van der Waals surface area contributed by atoms with Crippen molar-refractivity contribution in [2.24, 2.45) is 0 Å². The molecule has 0 fully saturated rings. The van der Waals surface area contributed by atoms with Crippen molar-refractivity contribution in [3.05, 3.63) is 81.5 Å². The van der Waals surface area contributed by atoms with Gasteiger partial charge in [-0.05, 0) is 53.8 Å². The number of rotatable bonds is 5. The average Bonchev–Trinajstić information content (AvgIpc) is 3.35. The highest BCUT2D eigenvalue weighted by molar-refractivity contribution is 7.10. The van der Waals surface area contributed by atoms with Crippen molar-refractivity contribution in [1.82, 2.24) is 5.32 Å². The van der Waals surface area contributed by atoms with E-state index in [1.54, 1.807) is 35.6 Å². The lowest BCUT2D eigenvalue weighted by molar-refractivity contribution is 0.251. The van der Waals surface area contributed by atoms with Crippen molar-refractivity contribution >= 4 is 40.3 Å². The lowest BCUT2D eigenvalue weighted by Gasteiger charge is -2.30. The van der Waals surface area contributed by atoms with Gasteiger partial charge in [-0.15, -0.1) is 11.3 Å². The monoisotopic (exact) mass is 397 g/mol. The maximum absolute atomic E-state index is 12.4. The fourth-order valence-electron chi connectivity index (χ4n) is 3.43. The molecule has 27 heavy (non-hydrogen) atoms. The molecule has 4 rings (SSSR count). The minimum atomic E-state index is -0.216. The summed E-state index contributed by atoms with van der Waals surface area (Å²) in [7, 11) is 0. The van der Waals surface area contributed by atoms with Gasteiger partial charge in [0.1, 0.15) is 0 Å². The van der Waals surface area contributed by atoms with E-state index < -0.39 is 0 Å². The molecule has 1 aromatic heterocycles. The number of carbonyl (C=O) groups excluding carboxylic acids is 1. The normalized spacial score (nSPS) is 13.9. The number of halogens is 1. The molecule has 3 aromatic rings. The summed E-state index contributed by atoms with van der Waals surface area (Å²) in [5.41, 5.74) is 3.34. The molecule has 2 aromatic carbocycles. The molecule has 0 saturated heterocycles. The van der Waals surface area contributed by atoms with Crippen LogP contribution < -0.4 is 15.5 Å². The predicted octanol–water partition coefficient (Wildman–Crippen LogP) is 5.33. The number of anilines is 2. The van der Waals surface area contributed by atoms with E-state index in [-0.39, 0.29) is 12.1 Å². The Balaban J connectivity index is 1.46. The molecule has 2 amide bonds. The molecule has 2 N–H and O–H groups in total. The van der Waals surface area contributed by atoms with E-state index in [2.05, 4.69) is 57.3 Å². The topological polar surface area (TPSA) is 44.4 Å². The van der Waals surface area contributed by atoms with Crippen LogP contribution in [0.25, 0.3) is 0 Å². The van der Waals surface area contributed by atoms with Gasteiger partial charge in [0.25, 0.3) is 0 Å². The van der Waals surface area contributed by atoms with E-state index in [9.17, 15) is 4.79 Å². The summed E-state index contributed by atoms with van der Waals surface area (Å²) in [6.45, 7) is 1.50. The van der Waals surface area contributed by atoms with Crippen LogP contribution in [0.3, 0.4) is 0 Å². The minimum absolute atomic E-state index is 0.115. The van der Waals surface area contributed by atoms with E-state index in [1.165, 1.54) is 16.1 Å². The Morgan fingerprint density at radius 3 is 2.70 bits per heavy atom. The molecule has 0 aliphatic carbocycles. The first-order valence-corrected chi connectivity index (χ1v) is 10.1. The van der Waals surface area contributed by atoms with Gasteiger partial charge in [0.05, 0.1) is 6.04 Å². The standard InChI is InChI=1S/C21H20ClN3OS/c22-16-7-9-17(10-8-16)24-21(26)23-14-19(20-6-3-13-27-20)25-12-11-15-4-1-2-5-18(15)25/h1-10,13,19H,11-12,14H2,(H2,23,24,26)/t19-/m1/s1. The molecule has 4 nitrogen and oxygen atoms in total. The van der Waals surface area contributed by atoms with E-state index in [0.29, 0.717) is 11.6 Å². The molecule has 0 radical (unpaired) electrons. The molecule has 1 aliphatic rings. The Kier molecular flexibility index (Phi) is 5.32. The molecule has 0 spiro atoms. The molecule has 0 unspecified atom stereocenters. The Hall–Kier alpha value is -2.50. The van der Waals surface area contributed by atoms with Crippen LogP contribution in [0.5, 0.6) is 0 Å². The van der Waals surface area contributed by atoms with E-state index >= 15 is 0 Å². The second-order valence-corrected chi connectivity index (χ2v) is 7.86. The van der Waals surface area contributed by atoms with Crippen molar-refractivity contribution in [1.29, 1.82) is 0 Å². The number of urea groups is 1. The van der Waals surface area contributed by atoms with Crippen molar-refractivity contribution in [2.45, 2.75) is 12.5 Å². The Morgan fingerprint density at radius 2 is 1.93 bits per heavy atom. The minimum Gasteiger partial charge on any atom is -0.361 e. The fraction of sp³-hybridized carbons (Fsp3) is 0.190. The van der Waals surface area contributed by atoms with Gasteiger partial charge < -0.3 is 15.5 Å². The summed E-state index contributed by atoms with van der Waals surface area (Å²) in [5.74, 6) is 0. The first-order chi connectivity index (χ1) is 13.2. The third kappa shape index (κ3) is 4.10. The number of para-hydroxylation sites is 1. The molecular weight excluding hydrogens is 378 g/mol. The quantitative estimate of drug-likeness (QED) is 0.611. The first kappa shape index (κ1) is 17.9. The number of nitrogens with zero attached hydrogens (tertiary/aromatic N) is 1. The molecule has 1 aliphatic heterocycles. The third-order valence-electron chi connectivity index (χ3n) is 4.73. The Morgan fingerprint density at radius 1 is 1.11 bits per heavy atom. The Bertz CT molecular complexity index is 911. The van der Waals surface area contributed by atoms with Crippen LogP contribution in [0.15, 0.2) is 66.0 Å². The SMILES string of the molecule is O=C(NC[C@H](c1cccs1)N1CCc2ccccc21)Nc1ccc(Cl)cc1. The van der Waals surface area contributed by atoms with Gasteiger partial charge in [-0.3, -0.25) is 0 Å². The van der Waals surface area contributed by atoms with Gasteiger partial charge in [0.15, 0.2) is 0 Å². The molecule has 0 bridgehead atoms. The predicted molar refractivity (Wildman–Crippen MR) is 113 cm³/mol. The Labute approximate surface area is 167 Å². The van der Waals surface area contributed by atoms with Gasteiger partial charge in [-0.25, -0.2) is 4.79 Å². The van der Waals surface area contributed by atoms with Crippen LogP contribution in [0.4, 0.5) is 16.2 Å². The lowest BCUT2D eigenvalue weighted by Crippen LogP contribution is -2.38. The van der Waals surface area contributed by atoms with E-state index in [0.717, 1.165) is 18.7 Å². The van der Waals surface area contributed by atoms with Crippen LogP contribution in [-0.4, -0.2) is 19.1 Å². The molecule has 2 heterocycles. The highest BCUT2D eigenvalue weighted by atomic mass is 35.5. The highest BCUT2D eigenvalue weighted by Gasteiger charge is 2.27. The molecule has 138 valence electrons. The molecule has 0 saturated carbocycles. The molecule has 6 heteroatoms. The summed E-state index contributed by atoms with van der Waals surface area (Å²) in [4.78, 5) is 16.0. The number of carbonyl (C=O) groups is 1. The zero-order chi connectivity index (χ0) is 18.6. The average molecular weight is 398 g/mol. The number of thiophene rings is 1. The van der Waals surface area contributed by atoms with Crippen LogP contribution >= 0.6 is 22.9 Å². The van der Waals surface area contributed by atoms with Gasteiger partial charge in [-0.2, -0.15) is 0 Å². The number of hydrogen-bond acceptors (Lipinski definition) is 3. The van der Waals surface area contributed by atoms with Gasteiger partial charge in [0, 0.05) is 34.4 Å². The lowest BCUT2D eigenvalue weighted by atomic mass is 10.1. The maximum Gasteiger partial charge on any atom is 0.319 e. The maximum atomic E-state index is 12.4. The summed E-state index contributed by atoms with van der Waals surface area (Å²) in [6, 6.07) is 19.7. The summed E-state index contributed by atoms with van der Waals surface area (Å²) >= 11 is 7.61. The van der Waals surface area contributed by atoms with Gasteiger partial charge in [0.2, 0.25) is 0 Å². The highest BCUT2D eigenvalue weighted by Crippen LogP contribution is 2.36. The summed E-state index contributed by atoms with van der Waals surface area (Å²) in [5, 5.41) is 8.61. The second-order valence-electron chi connectivity index (χ2n) is 6.45. The van der Waals surface area contributed by atoms with Crippen LogP contribution in [-0.2, 0) is 6.42 Å². The molecule has 1 atom stereocenters. The number of amides is 2. The van der Waals surface area contributed by atoms with Crippen LogP contribution in [0.2, 0.25) is 5.02 Å². The third-order valence-corrected chi connectivity index (χ3v) is 5.95. The summed E-state index contributed by atoms with van der Waals surface area (Å²) in [6.07, 6.45) is 1.04. The van der Waals surface area contributed by atoms with E-state index in [1.807, 2.05) is 0 Å². The molecular formula is C21H20ClN3OS. The van der Waals surface area contributed by atoms with Crippen molar-refractivity contribution in [3.8, 4) is 0 Å². The van der Waals surface area contributed by atoms with Gasteiger partial charge >= 0.3 is 6.03 Å². The van der Waals surface area contributed by atoms with Crippen molar-refractivity contribution in [2.75, 3.05) is 23.3 Å². The number of hydrogen-bond donors (Lipinski definition) is 2. The smallest absolute Gasteiger partial charge is 0.319 e. The number of nitrogens with one attached hydrogen (secondary N) is 2. The largest absolute Gasteiger partial charge is 0.361 e. The van der Waals surface area contributed by atoms with Crippen molar-refractivity contribution < 1.29 is 4.79 Å². The zero-order valence-electron chi connectivity index (χ0n) is 14.7. The van der Waals surface area contributed by atoms with Crippen LogP contribution in [0.1, 0.15) is 16.5 Å². The van der Waals surface area contributed by atoms with Gasteiger partial charge in [-0.1, -0.05) is 35.9 Å². The zero-order valence-corrected chi connectivity index (χ0v) is 16.3. The van der Waals surface area contributed by atoms with E-state index in [4.69, 9.17) is 11.6 Å².